The molecule has 24 heavy (non-hydrogen) atoms. The van der Waals surface area contributed by atoms with Crippen molar-refractivity contribution in [3.63, 3.8) is 0 Å². The minimum atomic E-state index is -0.199. The van der Waals surface area contributed by atoms with Crippen molar-refractivity contribution in [1.82, 2.24) is 15.2 Å². The van der Waals surface area contributed by atoms with Crippen molar-refractivity contribution in [3.8, 4) is 5.75 Å². The molecule has 3 rings (SSSR count). The molecule has 0 radical (unpaired) electrons. The molecule has 1 aromatic heterocycles. The monoisotopic (exact) mass is 325 g/mol. The van der Waals surface area contributed by atoms with Gasteiger partial charge >= 0.3 is 0 Å². The molecule has 2 heterocycles. The fourth-order valence-corrected chi connectivity index (χ4v) is 2.90. The minimum absolute atomic E-state index is 0.199. The van der Waals surface area contributed by atoms with Crippen LogP contribution < -0.4 is 10.1 Å². The predicted molar refractivity (Wildman–Crippen MR) is 92.9 cm³/mol. The molecule has 1 saturated heterocycles. The van der Waals surface area contributed by atoms with Gasteiger partial charge in [-0.25, -0.2) is 0 Å². The molecule has 0 aliphatic carbocycles. The van der Waals surface area contributed by atoms with E-state index in [-0.39, 0.29) is 5.91 Å². The van der Waals surface area contributed by atoms with Crippen LogP contribution in [0.15, 0.2) is 42.6 Å². The molecule has 5 nitrogen and oxygen atoms in total. The number of benzene rings is 1. The number of ether oxygens (including phenoxy) is 1. The number of nitrogens with zero attached hydrogens (tertiary/aromatic N) is 2. The Kier molecular flexibility index (Phi) is 5.43. The van der Waals surface area contributed by atoms with E-state index in [1.807, 2.05) is 0 Å². The lowest BCUT2D eigenvalue weighted by Crippen LogP contribution is -2.23. The highest BCUT2D eigenvalue weighted by molar-refractivity contribution is 5.92. The Bertz CT molecular complexity index is 679. The summed E-state index contributed by atoms with van der Waals surface area (Å²) < 4.78 is 5.11. The van der Waals surface area contributed by atoms with E-state index in [0.29, 0.717) is 18.0 Å². The van der Waals surface area contributed by atoms with Crippen molar-refractivity contribution in [1.29, 1.82) is 0 Å². The van der Waals surface area contributed by atoms with Gasteiger partial charge in [0.2, 0.25) is 0 Å². The predicted octanol–water partition coefficient (Wildman–Crippen LogP) is 2.62. The standard InChI is InChI=1S/C19H23N3O2/c1-24-17-8-9-20-18(12-17)19(23)21-13-15-4-6-16(7-5-15)14-22-10-2-3-11-22/h4-9,12H,2-3,10-11,13-14H2,1H3,(H,21,23). The lowest BCUT2D eigenvalue weighted by Gasteiger charge is -2.14. The maximum Gasteiger partial charge on any atom is 0.270 e. The first-order valence-corrected chi connectivity index (χ1v) is 8.33. The van der Waals surface area contributed by atoms with Crippen molar-refractivity contribution in [2.24, 2.45) is 0 Å². The summed E-state index contributed by atoms with van der Waals surface area (Å²) in [6, 6.07) is 11.8. The Morgan fingerprint density at radius 1 is 1.17 bits per heavy atom. The SMILES string of the molecule is COc1ccnc(C(=O)NCc2ccc(CN3CCCC3)cc2)c1. The molecule has 5 heteroatoms. The van der Waals surface area contributed by atoms with Crippen LogP contribution in [0.3, 0.4) is 0 Å². The Labute approximate surface area is 142 Å². The summed E-state index contributed by atoms with van der Waals surface area (Å²) >= 11 is 0. The molecule has 0 unspecified atom stereocenters. The number of hydrogen-bond acceptors (Lipinski definition) is 4. The summed E-state index contributed by atoms with van der Waals surface area (Å²) in [5.74, 6) is 0.427. The molecule has 126 valence electrons. The average molecular weight is 325 g/mol. The van der Waals surface area contributed by atoms with E-state index in [9.17, 15) is 4.79 Å². The zero-order chi connectivity index (χ0) is 16.8. The molecule has 1 aliphatic rings. The van der Waals surface area contributed by atoms with Gasteiger partial charge in [0, 0.05) is 25.4 Å². The van der Waals surface area contributed by atoms with Crippen LogP contribution in [0.2, 0.25) is 0 Å². The third-order valence-electron chi connectivity index (χ3n) is 4.28. The van der Waals surface area contributed by atoms with Gasteiger partial charge in [-0.2, -0.15) is 0 Å². The number of methoxy groups -OCH3 is 1. The molecule has 0 spiro atoms. The van der Waals surface area contributed by atoms with Gasteiger partial charge in [0.05, 0.1) is 7.11 Å². The Morgan fingerprint density at radius 2 is 1.88 bits per heavy atom. The first kappa shape index (κ1) is 16.5. The Hall–Kier alpha value is -2.40. The van der Waals surface area contributed by atoms with Gasteiger partial charge in [-0.1, -0.05) is 24.3 Å². The second-order valence-corrected chi connectivity index (χ2v) is 6.06. The normalized spacial score (nSPS) is 14.5. The number of amides is 1. The summed E-state index contributed by atoms with van der Waals surface area (Å²) in [6.45, 7) is 3.90. The number of nitrogens with one attached hydrogen (secondary N) is 1. The van der Waals surface area contributed by atoms with E-state index in [0.717, 1.165) is 12.1 Å². The molecule has 1 fully saturated rings. The van der Waals surface area contributed by atoms with Crippen molar-refractivity contribution in [2.75, 3.05) is 20.2 Å². The van der Waals surface area contributed by atoms with Gasteiger partial charge in [-0.05, 0) is 43.1 Å². The van der Waals surface area contributed by atoms with Crippen molar-refractivity contribution in [2.45, 2.75) is 25.9 Å². The van der Waals surface area contributed by atoms with Crippen LogP contribution in [0.5, 0.6) is 5.75 Å². The van der Waals surface area contributed by atoms with Gasteiger partial charge in [-0.15, -0.1) is 0 Å². The smallest absolute Gasteiger partial charge is 0.270 e. The molecular formula is C19H23N3O2. The van der Waals surface area contributed by atoms with Crippen LogP contribution >= 0.6 is 0 Å². The summed E-state index contributed by atoms with van der Waals surface area (Å²) in [5.41, 5.74) is 2.76. The molecule has 1 amide bonds. The fraction of sp³-hybridized carbons (Fsp3) is 0.368. The molecule has 2 aromatic rings. The third-order valence-corrected chi connectivity index (χ3v) is 4.28. The topological polar surface area (TPSA) is 54.5 Å². The van der Waals surface area contributed by atoms with E-state index >= 15 is 0 Å². The highest BCUT2D eigenvalue weighted by Gasteiger charge is 2.12. The first-order chi connectivity index (χ1) is 11.7. The maximum absolute atomic E-state index is 12.1. The second kappa shape index (κ2) is 7.93. The van der Waals surface area contributed by atoms with Gasteiger partial charge in [0.25, 0.3) is 5.91 Å². The number of hydrogen-bond donors (Lipinski definition) is 1. The number of pyridine rings is 1. The van der Waals surface area contributed by atoms with Crippen LogP contribution in [-0.4, -0.2) is 36.0 Å². The number of carbonyl (C=O) groups excluding carboxylic acids is 1. The Balaban J connectivity index is 1.53. The van der Waals surface area contributed by atoms with Crippen molar-refractivity contribution in [3.05, 3.63) is 59.4 Å². The summed E-state index contributed by atoms with van der Waals surface area (Å²) in [6.07, 6.45) is 4.19. The van der Waals surface area contributed by atoms with Crippen LogP contribution in [0.4, 0.5) is 0 Å². The number of carbonyl (C=O) groups is 1. The van der Waals surface area contributed by atoms with E-state index in [2.05, 4.69) is 39.5 Å². The van der Waals surface area contributed by atoms with Crippen LogP contribution in [-0.2, 0) is 13.1 Å². The Morgan fingerprint density at radius 3 is 2.58 bits per heavy atom. The molecule has 0 atom stereocenters. The van der Waals surface area contributed by atoms with Crippen molar-refractivity contribution < 1.29 is 9.53 Å². The molecule has 0 bridgehead atoms. The average Bonchev–Trinajstić information content (AvgIpc) is 3.14. The first-order valence-electron chi connectivity index (χ1n) is 8.33. The second-order valence-electron chi connectivity index (χ2n) is 6.06. The van der Waals surface area contributed by atoms with Crippen LogP contribution in [0.25, 0.3) is 0 Å². The van der Waals surface area contributed by atoms with Crippen molar-refractivity contribution >= 4 is 5.91 Å². The number of likely N-dealkylation sites (tertiary alicyclic amines) is 1. The van der Waals surface area contributed by atoms with E-state index < -0.39 is 0 Å². The van der Waals surface area contributed by atoms with E-state index in [1.54, 1.807) is 25.4 Å². The van der Waals surface area contributed by atoms with Gasteiger partial charge in [0.15, 0.2) is 0 Å². The van der Waals surface area contributed by atoms with Crippen LogP contribution in [0, 0.1) is 0 Å². The summed E-state index contributed by atoms with van der Waals surface area (Å²) in [4.78, 5) is 18.7. The molecule has 0 saturated carbocycles. The molecular weight excluding hydrogens is 302 g/mol. The van der Waals surface area contributed by atoms with Gasteiger partial charge in [0.1, 0.15) is 11.4 Å². The summed E-state index contributed by atoms with van der Waals surface area (Å²) in [7, 11) is 1.57. The maximum atomic E-state index is 12.1. The number of rotatable bonds is 6. The highest BCUT2D eigenvalue weighted by Crippen LogP contribution is 2.14. The fourth-order valence-electron chi connectivity index (χ4n) is 2.90. The number of aromatic nitrogens is 1. The lowest BCUT2D eigenvalue weighted by atomic mass is 10.1. The largest absolute Gasteiger partial charge is 0.497 e. The minimum Gasteiger partial charge on any atom is -0.497 e. The van der Waals surface area contributed by atoms with Gasteiger partial charge in [-0.3, -0.25) is 14.7 Å². The molecule has 1 N–H and O–H groups in total. The lowest BCUT2D eigenvalue weighted by molar-refractivity contribution is 0.0945. The van der Waals surface area contributed by atoms with E-state index in [4.69, 9.17) is 4.74 Å². The zero-order valence-electron chi connectivity index (χ0n) is 14.0. The molecule has 1 aliphatic heterocycles. The third kappa shape index (κ3) is 4.32. The quantitative estimate of drug-likeness (QED) is 0.887. The zero-order valence-corrected chi connectivity index (χ0v) is 14.0. The van der Waals surface area contributed by atoms with Gasteiger partial charge < -0.3 is 10.1 Å². The molecule has 1 aromatic carbocycles. The van der Waals surface area contributed by atoms with E-state index in [1.165, 1.54) is 31.5 Å². The summed E-state index contributed by atoms with van der Waals surface area (Å²) in [5, 5.41) is 2.89. The van der Waals surface area contributed by atoms with Crippen LogP contribution in [0.1, 0.15) is 34.5 Å². The highest BCUT2D eigenvalue weighted by atomic mass is 16.5.